The van der Waals surface area contributed by atoms with E-state index in [0.29, 0.717) is 23.4 Å². The Balaban J connectivity index is 1.91. The molecule has 1 aromatic heterocycles. The van der Waals surface area contributed by atoms with E-state index in [4.69, 9.17) is 4.74 Å². The summed E-state index contributed by atoms with van der Waals surface area (Å²) in [5, 5.41) is 0. The SMILES string of the molecule is CCn1c(COC(=O)c2ccccc2C)nc2cc(S(=O)(=O)N(C)C)ccc21. The number of rotatable bonds is 6. The van der Waals surface area contributed by atoms with Crippen LogP contribution in [-0.4, -0.2) is 42.3 Å². The van der Waals surface area contributed by atoms with Crippen LogP contribution in [0.5, 0.6) is 0 Å². The Kier molecular flexibility index (Phi) is 5.53. The van der Waals surface area contributed by atoms with Crippen molar-refractivity contribution < 1.29 is 17.9 Å². The van der Waals surface area contributed by atoms with Crippen LogP contribution >= 0.6 is 0 Å². The molecule has 0 saturated carbocycles. The first kappa shape index (κ1) is 20.0. The van der Waals surface area contributed by atoms with Gasteiger partial charge in [0, 0.05) is 20.6 Å². The molecule has 0 fully saturated rings. The maximum Gasteiger partial charge on any atom is 0.338 e. The molecule has 0 N–H and O–H groups in total. The molecule has 7 nitrogen and oxygen atoms in total. The number of aryl methyl sites for hydroxylation is 2. The summed E-state index contributed by atoms with van der Waals surface area (Å²) in [6, 6.07) is 12.1. The van der Waals surface area contributed by atoms with Gasteiger partial charge in [0.15, 0.2) is 0 Å². The number of imidazole rings is 1. The first-order chi connectivity index (χ1) is 13.3. The Morgan fingerprint density at radius 3 is 2.54 bits per heavy atom. The highest BCUT2D eigenvalue weighted by molar-refractivity contribution is 7.89. The average molecular weight is 401 g/mol. The Morgan fingerprint density at radius 2 is 1.89 bits per heavy atom. The molecule has 1 heterocycles. The van der Waals surface area contributed by atoms with E-state index in [-0.39, 0.29) is 11.5 Å². The minimum absolute atomic E-state index is 0.00541. The van der Waals surface area contributed by atoms with Gasteiger partial charge in [-0.1, -0.05) is 18.2 Å². The lowest BCUT2D eigenvalue weighted by Crippen LogP contribution is -2.22. The second-order valence-electron chi connectivity index (χ2n) is 6.60. The third kappa shape index (κ3) is 3.65. The van der Waals surface area contributed by atoms with E-state index < -0.39 is 16.0 Å². The van der Waals surface area contributed by atoms with Gasteiger partial charge in [-0.15, -0.1) is 0 Å². The molecule has 0 radical (unpaired) electrons. The minimum Gasteiger partial charge on any atom is -0.454 e. The number of carbonyl (C=O) groups is 1. The number of aromatic nitrogens is 2. The molecule has 0 unspecified atom stereocenters. The number of ether oxygens (including phenoxy) is 1. The maximum atomic E-state index is 12.4. The van der Waals surface area contributed by atoms with Crippen LogP contribution in [0.15, 0.2) is 47.4 Å². The number of carbonyl (C=O) groups excluding carboxylic acids is 1. The summed E-state index contributed by atoms with van der Waals surface area (Å²) in [5.74, 6) is 0.155. The number of esters is 1. The molecule has 0 amide bonds. The van der Waals surface area contributed by atoms with Crippen LogP contribution in [0.1, 0.15) is 28.7 Å². The number of hydrogen-bond donors (Lipinski definition) is 0. The molecule has 0 aliphatic rings. The summed E-state index contributed by atoms with van der Waals surface area (Å²) in [4.78, 5) is 17.1. The molecule has 28 heavy (non-hydrogen) atoms. The van der Waals surface area contributed by atoms with E-state index in [1.807, 2.05) is 30.5 Å². The van der Waals surface area contributed by atoms with Gasteiger partial charge < -0.3 is 9.30 Å². The Hall–Kier alpha value is -2.71. The third-order valence-corrected chi connectivity index (χ3v) is 6.40. The summed E-state index contributed by atoms with van der Waals surface area (Å²) in [5.41, 5.74) is 2.70. The zero-order chi connectivity index (χ0) is 20.5. The maximum absolute atomic E-state index is 12.4. The van der Waals surface area contributed by atoms with Crippen molar-refractivity contribution in [2.45, 2.75) is 31.9 Å². The summed E-state index contributed by atoms with van der Waals surface area (Å²) < 4.78 is 33.3. The van der Waals surface area contributed by atoms with Crippen LogP contribution in [0.4, 0.5) is 0 Å². The Morgan fingerprint density at radius 1 is 1.18 bits per heavy atom. The van der Waals surface area contributed by atoms with Crippen LogP contribution in [-0.2, 0) is 27.9 Å². The fourth-order valence-corrected chi connectivity index (χ4v) is 3.93. The van der Waals surface area contributed by atoms with E-state index in [1.165, 1.54) is 14.1 Å². The van der Waals surface area contributed by atoms with Gasteiger partial charge in [0.25, 0.3) is 0 Å². The van der Waals surface area contributed by atoms with Gasteiger partial charge in [-0.3, -0.25) is 0 Å². The number of sulfonamides is 1. The standard InChI is InChI=1S/C20H23N3O4S/c1-5-23-18-11-10-15(28(25,26)22(3)4)12-17(18)21-19(23)13-27-20(24)16-9-7-6-8-14(16)2/h6-12H,5,13H2,1-4H3. The normalized spacial score (nSPS) is 11.9. The number of fused-ring (bicyclic) bond motifs is 1. The molecule has 3 rings (SSSR count). The highest BCUT2D eigenvalue weighted by Gasteiger charge is 2.20. The molecule has 0 saturated heterocycles. The minimum atomic E-state index is -3.55. The highest BCUT2D eigenvalue weighted by atomic mass is 32.2. The summed E-state index contributed by atoms with van der Waals surface area (Å²) in [7, 11) is -0.573. The molecule has 0 bridgehead atoms. The molecule has 0 aliphatic carbocycles. The van der Waals surface area contributed by atoms with E-state index in [2.05, 4.69) is 4.98 Å². The average Bonchev–Trinajstić information content (AvgIpc) is 3.02. The lowest BCUT2D eigenvalue weighted by Gasteiger charge is -2.11. The van der Waals surface area contributed by atoms with Gasteiger partial charge in [0.1, 0.15) is 12.4 Å². The topological polar surface area (TPSA) is 81.5 Å². The second-order valence-corrected chi connectivity index (χ2v) is 8.75. The molecule has 0 aliphatic heterocycles. The molecule has 148 valence electrons. The third-order valence-electron chi connectivity index (χ3n) is 4.59. The lowest BCUT2D eigenvalue weighted by atomic mass is 10.1. The van der Waals surface area contributed by atoms with Crippen molar-refractivity contribution in [2.75, 3.05) is 14.1 Å². The van der Waals surface area contributed by atoms with Crippen molar-refractivity contribution in [1.82, 2.24) is 13.9 Å². The summed E-state index contributed by atoms with van der Waals surface area (Å²) in [6.07, 6.45) is 0. The van der Waals surface area contributed by atoms with E-state index in [9.17, 15) is 13.2 Å². The van der Waals surface area contributed by atoms with Crippen LogP contribution in [0, 0.1) is 6.92 Å². The van der Waals surface area contributed by atoms with Gasteiger partial charge in [0.05, 0.1) is 21.5 Å². The van der Waals surface area contributed by atoms with Gasteiger partial charge >= 0.3 is 5.97 Å². The van der Waals surface area contributed by atoms with Crippen LogP contribution in [0.2, 0.25) is 0 Å². The summed E-state index contributed by atoms with van der Waals surface area (Å²) >= 11 is 0. The monoisotopic (exact) mass is 401 g/mol. The van der Waals surface area contributed by atoms with Crippen LogP contribution < -0.4 is 0 Å². The van der Waals surface area contributed by atoms with Crippen molar-refractivity contribution in [3.05, 3.63) is 59.4 Å². The van der Waals surface area contributed by atoms with Crippen molar-refractivity contribution in [2.24, 2.45) is 0 Å². The number of hydrogen-bond acceptors (Lipinski definition) is 5. The predicted molar refractivity (Wildman–Crippen MR) is 107 cm³/mol. The quantitative estimate of drug-likeness (QED) is 0.593. The van der Waals surface area contributed by atoms with Crippen molar-refractivity contribution in [1.29, 1.82) is 0 Å². The second kappa shape index (κ2) is 7.73. The van der Waals surface area contributed by atoms with Gasteiger partial charge in [0.2, 0.25) is 10.0 Å². The van der Waals surface area contributed by atoms with Crippen LogP contribution in [0.25, 0.3) is 11.0 Å². The van der Waals surface area contributed by atoms with Crippen molar-refractivity contribution >= 4 is 27.0 Å². The molecule has 0 atom stereocenters. The molecule has 8 heteroatoms. The molecular weight excluding hydrogens is 378 g/mol. The molecular formula is C20H23N3O4S. The first-order valence-corrected chi connectivity index (χ1v) is 10.3. The van der Waals surface area contributed by atoms with Gasteiger partial charge in [-0.05, 0) is 43.7 Å². The molecule has 3 aromatic rings. The highest BCUT2D eigenvalue weighted by Crippen LogP contribution is 2.23. The predicted octanol–water partition coefficient (Wildman–Crippen LogP) is 2.97. The first-order valence-electron chi connectivity index (χ1n) is 8.90. The van der Waals surface area contributed by atoms with E-state index >= 15 is 0 Å². The molecule has 0 spiro atoms. The van der Waals surface area contributed by atoms with Crippen LogP contribution in [0.3, 0.4) is 0 Å². The Labute approximate surface area is 164 Å². The van der Waals surface area contributed by atoms with Crippen molar-refractivity contribution in [3.8, 4) is 0 Å². The largest absolute Gasteiger partial charge is 0.454 e. The zero-order valence-electron chi connectivity index (χ0n) is 16.3. The fourth-order valence-electron chi connectivity index (χ4n) is 3.00. The van der Waals surface area contributed by atoms with E-state index in [1.54, 1.807) is 30.3 Å². The zero-order valence-corrected chi connectivity index (χ0v) is 17.2. The summed E-state index contributed by atoms with van der Waals surface area (Å²) in [6.45, 7) is 4.43. The Bertz CT molecular complexity index is 1130. The van der Waals surface area contributed by atoms with E-state index in [0.717, 1.165) is 15.4 Å². The molecule has 2 aromatic carbocycles. The number of nitrogens with zero attached hydrogens (tertiary/aromatic N) is 3. The number of benzene rings is 2. The van der Waals surface area contributed by atoms with Gasteiger partial charge in [-0.25, -0.2) is 22.5 Å². The lowest BCUT2D eigenvalue weighted by molar-refractivity contribution is 0.0458. The van der Waals surface area contributed by atoms with Gasteiger partial charge in [-0.2, -0.15) is 0 Å². The fraction of sp³-hybridized carbons (Fsp3) is 0.300. The van der Waals surface area contributed by atoms with Crippen molar-refractivity contribution in [3.63, 3.8) is 0 Å². The smallest absolute Gasteiger partial charge is 0.338 e.